The second-order valence-electron chi connectivity index (χ2n) is 8.09. The first-order valence-corrected chi connectivity index (χ1v) is 10.7. The number of β-lactam (4-membered cyclic amide) rings is 2. The molecule has 10 heteroatoms. The lowest BCUT2D eigenvalue weighted by Crippen LogP contribution is -2.77. The highest BCUT2D eigenvalue weighted by molar-refractivity contribution is 6.06. The molecule has 0 saturated carbocycles. The zero-order chi connectivity index (χ0) is 24.6. The van der Waals surface area contributed by atoms with Gasteiger partial charge < -0.3 is 39.0 Å². The highest BCUT2D eigenvalue weighted by Gasteiger charge is 2.59. The zero-order valence-corrected chi connectivity index (χ0v) is 19.3. The van der Waals surface area contributed by atoms with Crippen LogP contribution < -0.4 is 19.3 Å². The van der Waals surface area contributed by atoms with Gasteiger partial charge in [-0.15, -0.1) is 0 Å². The van der Waals surface area contributed by atoms with Crippen LogP contribution in [0.3, 0.4) is 0 Å². The van der Waals surface area contributed by atoms with Crippen LogP contribution in [0.15, 0.2) is 48.5 Å². The van der Waals surface area contributed by atoms with Crippen molar-refractivity contribution in [1.82, 2.24) is 0 Å². The van der Waals surface area contributed by atoms with Crippen molar-refractivity contribution in [3.63, 3.8) is 0 Å². The molecule has 2 saturated heterocycles. The van der Waals surface area contributed by atoms with Crippen LogP contribution >= 0.6 is 0 Å². The molecule has 4 rings (SSSR count). The molecule has 0 radical (unpaired) electrons. The van der Waals surface area contributed by atoms with Crippen LogP contribution in [0.5, 0.6) is 11.5 Å². The van der Waals surface area contributed by atoms with E-state index >= 15 is 0 Å². The molecule has 182 valence electrons. The lowest BCUT2D eigenvalue weighted by molar-refractivity contribution is -0.158. The fourth-order valence-corrected chi connectivity index (χ4v) is 4.60. The summed E-state index contributed by atoms with van der Waals surface area (Å²) in [5.74, 6) is 0.541. The molecular formula is C24H28N2O8. The molecule has 0 aromatic heterocycles. The van der Waals surface area contributed by atoms with Crippen molar-refractivity contribution in [1.29, 1.82) is 0 Å². The first-order valence-electron chi connectivity index (χ1n) is 10.7. The van der Waals surface area contributed by atoms with Gasteiger partial charge in [-0.2, -0.15) is 0 Å². The second-order valence-corrected chi connectivity index (χ2v) is 8.09. The Balaban J connectivity index is 1.60. The van der Waals surface area contributed by atoms with Crippen LogP contribution in [0.4, 0.5) is 11.4 Å². The predicted octanol–water partition coefficient (Wildman–Crippen LogP) is 0.586. The van der Waals surface area contributed by atoms with Crippen molar-refractivity contribution in [3.05, 3.63) is 48.5 Å². The molecule has 2 aliphatic rings. The Kier molecular flexibility index (Phi) is 6.76. The number of aliphatic hydroxyl groups is 2. The number of hydrogen-bond donors (Lipinski definition) is 2. The maximum atomic E-state index is 12.7. The van der Waals surface area contributed by atoms with Crippen LogP contribution in [0.25, 0.3) is 0 Å². The lowest BCUT2D eigenvalue weighted by atomic mass is 9.81. The Bertz CT molecular complexity index is 945. The monoisotopic (exact) mass is 472 g/mol. The fourth-order valence-electron chi connectivity index (χ4n) is 4.60. The maximum absolute atomic E-state index is 12.7. The van der Waals surface area contributed by atoms with Crippen molar-refractivity contribution in [3.8, 4) is 11.5 Å². The summed E-state index contributed by atoms with van der Waals surface area (Å²) >= 11 is 0. The predicted molar refractivity (Wildman–Crippen MR) is 122 cm³/mol. The topological polar surface area (TPSA) is 118 Å². The summed E-state index contributed by atoms with van der Waals surface area (Å²) in [5.41, 5.74) is 1.05. The minimum Gasteiger partial charge on any atom is -0.497 e. The largest absolute Gasteiger partial charge is 0.497 e. The van der Waals surface area contributed by atoms with E-state index in [0.717, 1.165) is 0 Å². The Morgan fingerprint density at radius 2 is 0.971 bits per heavy atom. The minimum atomic E-state index is -1.43. The summed E-state index contributed by atoms with van der Waals surface area (Å²) in [6.45, 7) is 0. The van der Waals surface area contributed by atoms with E-state index in [2.05, 4.69) is 0 Å². The van der Waals surface area contributed by atoms with E-state index in [4.69, 9.17) is 18.9 Å². The maximum Gasteiger partial charge on any atom is 0.258 e. The zero-order valence-electron chi connectivity index (χ0n) is 19.3. The van der Waals surface area contributed by atoms with Gasteiger partial charge in [-0.25, -0.2) is 0 Å². The number of hydrogen-bond acceptors (Lipinski definition) is 8. The van der Waals surface area contributed by atoms with Gasteiger partial charge in [-0.3, -0.25) is 9.59 Å². The van der Waals surface area contributed by atoms with Crippen LogP contribution in [0.2, 0.25) is 0 Å². The van der Waals surface area contributed by atoms with Gasteiger partial charge in [0, 0.05) is 25.6 Å². The smallest absolute Gasteiger partial charge is 0.258 e. The molecule has 6 atom stereocenters. The van der Waals surface area contributed by atoms with Gasteiger partial charge in [0.25, 0.3) is 11.8 Å². The van der Waals surface area contributed by atoms with E-state index in [1.54, 1.807) is 48.5 Å². The highest BCUT2D eigenvalue weighted by Crippen LogP contribution is 2.38. The van der Waals surface area contributed by atoms with E-state index in [0.29, 0.717) is 22.9 Å². The molecule has 2 heterocycles. The average molecular weight is 472 g/mol. The summed E-state index contributed by atoms with van der Waals surface area (Å²) in [7, 11) is 5.81. The van der Waals surface area contributed by atoms with Crippen LogP contribution in [0, 0.1) is 0 Å². The van der Waals surface area contributed by atoms with Crippen molar-refractivity contribution in [2.45, 2.75) is 36.5 Å². The molecule has 10 nitrogen and oxygen atoms in total. The standard InChI is InChI=1S/C24H28N2O8/c1-31-15-9-5-13(6-10-15)25-17(21(33-3)23(25)29)19(27)20(28)18-22(34-4)24(30)26(18)14-7-11-16(32-2)12-8-14/h5-12,17-22,27-28H,1-4H3/t17-,18+,19-,20-,21+,22-/m0/s1. The molecule has 34 heavy (non-hydrogen) atoms. The number of methoxy groups -OCH3 is 4. The van der Waals surface area contributed by atoms with E-state index in [1.807, 2.05) is 0 Å². The van der Waals surface area contributed by atoms with Gasteiger partial charge in [-0.1, -0.05) is 0 Å². The number of amides is 2. The van der Waals surface area contributed by atoms with Gasteiger partial charge in [-0.05, 0) is 48.5 Å². The summed E-state index contributed by atoms with van der Waals surface area (Å²) < 4.78 is 20.9. The van der Waals surface area contributed by atoms with Gasteiger partial charge in [0.1, 0.15) is 35.8 Å². The molecule has 0 unspecified atom stereocenters. The third-order valence-electron chi connectivity index (χ3n) is 6.44. The third kappa shape index (κ3) is 3.78. The summed E-state index contributed by atoms with van der Waals surface area (Å²) in [5, 5.41) is 22.4. The highest BCUT2D eigenvalue weighted by atomic mass is 16.5. The molecule has 2 aromatic rings. The number of nitrogens with zero attached hydrogens (tertiary/aromatic N) is 2. The van der Waals surface area contributed by atoms with Gasteiger partial charge >= 0.3 is 0 Å². The number of aliphatic hydroxyl groups excluding tert-OH is 2. The Morgan fingerprint density at radius 1 is 0.647 bits per heavy atom. The molecule has 0 bridgehead atoms. The molecule has 2 aromatic carbocycles. The molecule has 0 spiro atoms. The van der Waals surface area contributed by atoms with Crippen molar-refractivity contribution in [2.75, 3.05) is 38.2 Å². The molecule has 2 aliphatic heterocycles. The summed E-state index contributed by atoms with van der Waals surface area (Å²) in [6, 6.07) is 11.8. The molecule has 2 amide bonds. The van der Waals surface area contributed by atoms with E-state index in [-0.39, 0.29) is 11.8 Å². The average Bonchev–Trinajstić information content (AvgIpc) is 2.86. The lowest BCUT2D eigenvalue weighted by Gasteiger charge is -2.53. The van der Waals surface area contributed by atoms with E-state index in [1.165, 1.54) is 38.2 Å². The first kappa shape index (κ1) is 24.0. The number of anilines is 2. The fraction of sp³-hybridized carbons (Fsp3) is 0.417. The van der Waals surface area contributed by atoms with Gasteiger partial charge in [0.2, 0.25) is 0 Å². The van der Waals surface area contributed by atoms with Crippen molar-refractivity contribution < 1.29 is 38.7 Å². The minimum absolute atomic E-state index is 0.344. The Morgan fingerprint density at radius 3 is 1.24 bits per heavy atom. The number of carbonyl (C=O) groups excluding carboxylic acids is 2. The normalized spacial score (nSPS) is 25.9. The van der Waals surface area contributed by atoms with Crippen LogP contribution in [-0.2, 0) is 19.1 Å². The van der Waals surface area contributed by atoms with Crippen LogP contribution in [-0.4, -0.2) is 87.0 Å². The Labute approximate surface area is 197 Å². The SMILES string of the molecule is COc1ccc(N2C(=O)[C@@H](OC)[C@H]2[C@H](O)[C@@H](O)[C@H]2[C@@H](OC)C(=O)N2c2ccc(OC)cc2)cc1. The van der Waals surface area contributed by atoms with Crippen LogP contribution in [0.1, 0.15) is 0 Å². The molecular weight excluding hydrogens is 444 g/mol. The molecule has 2 N–H and O–H groups in total. The van der Waals surface area contributed by atoms with Crippen molar-refractivity contribution in [2.24, 2.45) is 0 Å². The molecule has 2 fully saturated rings. The summed E-state index contributed by atoms with van der Waals surface area (Å²) in [6.07, 6.45) is -4.75. The van der Waals surface area contributed by atoms with Crippen molar-refractivity contribution >= 4 is 23.2 Å². The van der Waals surface area contributed by atoms with Gasteiger partial charge in [0.15, 0.2) is 12.2 Å². The number of ether oxygens (including phenoxy) is 4. The second kappa shape index (κ2) is 9.59. The van der Waals surface area contributed by atoms with E-state index < -0.39 is 36.5 Å². The number of rotatable bonds is 9. The Hall–Kier alpha value is -3.18. The molecule has 0 aliphatic carbocycles. The van der Waals surface area contributed by atoms with Gasteiger partial charge in [0.05, 0.1) is 14.2 Å². The number of benzene rings is 2. The third-order valence-corrected chi connectivity index (χ3v) is 6.44. The quantitative estimate of drug-likeness (QED) is 0.509. The number of carbonyl (C=O) groups is 2. The summed E-state index contributed by atoms with van der Waals surface area (Å²) in [4.78, 5) is 28.2. The van der Waals surface area contributed by atoms with E-state index in [9.17, 15) is 19.8 Å². The first-order chi connectivity index (χ1) is 16.4.